The summed E-state index contributed by atoms with van der Waals surface area (Å²) in [6, 6.07) is 14.6. The Morgan fingerprint density at radius 2 is 1.70 bits per heavy atom. The van der Waals surface area contributed by atoms with Gasteiger partial charge in [0.1, 0.15) is 12.4 Å². The molecule has 3 rings (SSSR count). The summed E-state index contributed by atoms with van der Waals surface area (Å²) in [5.74, 6) is 0.500. The van der Waals surface area contributed by atoms with Crippen molar-refractivity contribution < 1.29 is 19.5 Å². The summed E-state index contributed by atoms with van der Waals surface area (Å²) in [4.78, 5) is 28.7. The van der Waals surface area contributed by atoms with Crippen LogP contribution in [0.3, 0.4) is 0 Å². The van der Waals surface area contributed by atoms with E-state index in [4.69, 9.17) is 9.94 Å². The Balaban J connectivity index is 1.39. The minimum atomic E-state index is -0.553. The summed E-state index contributed by atoms with van der Waals surface area (Å²) < 4.78 is 5.60. The highest BCUT2D eigenvalue weighted by molar-refractivity contribution is 8.13. The van der Waals surface area contributed by atoms with Gasteiger partial charge in [-0.15, -0.1) is 0 Å². The minimum Gasteiger partial charge on any atom is -0.492 e. The lowest BCUT2D eigenvalue weighted by Crippen LogP contribution is -2.44. The Bertz CT molecular complexity index is 837. The van der Waals surface area contributed by atoms with E-state index in [2.05, 4.69) is 22.2 Å². The van der Waals surface area contributed by atoms with Crippen LogP contribution in [0.15, 0.2) is 53.4 Å². The van der Waals surface area contributed by atoms with Crippen LogP contribution >= 0.6 is 11.8 Å². The number of anilines is 1. The fourth-order valence-corrected chi connectivity index (χ4v) is 3.59. The lowest BCUT2D eigenvalue weighted by Gasteiger charge is -2.34. The molecule has 8 nitrogen and oxygen atoms in total. The van der Waals surface area contributed by atoms with Crippen molar-refractivity contribution in [3.05, 3.63) is 54.1 Å². The second-order valence-electron chi connectivity index (χ2n) is 6.91. The van der Waals surface area contributed by atoms with Gasteiger partial charge in [0.15, 0.2) is 0 Å². The summed E-state index contributed by atoms with van der Waals surface area (Å²) in [5.41, 5.74) is 3.33. The molecule has 0 radical (unpaired) electrons. The van der Waals surface area contributed by atoms with Crippen molar-refractivity contribution >= 4 is 28.6 Å². The number of hydroxylamine groups is 1. The number of rotatable bonds is 7. The molecular formula is C21H26N4O4S. The molecular weight excluding hydrogens is 404 g/mol. The van der Waals surface area contributed by atoms with E-state index < -0.39 is 5.24 Å². The second kappa shape index (κ2) is 10.9. The Labute approximate surface area is 180 Å². The van der Waals surface area contributed by atoms with Crippen LogP contribution in [0.1, 0.15) is 10.4 Å². The first-order valence-corrected chi connectivity index (χ1v) is 10.5. The largest absolute Gasteiger partial charge is 0.492 e. The number of ether oxygens (including phenoxy) is 1. The molecule has 1 heterocycles. The smallest absolute Gasteiger partial charge is 0.307 e. The van der Waals surface area contributed by atoms with Gasteiger partial charge in [0, 0.05) is 42.3 Å². The molecule has 0 spiro atoms. The van der Waals surface area contributed by atoms with Gasteiger partial charge < -0.3 is 19.9 Å². The monoisotopic (exact) mass is 430 g/mol. The third-order valence-corrected chi connectivity index (χ3v) is 5.56. The van der Waals surface area contributed by atoms with E-state index in [0.29, 0.717) is 29.4 Å². The van der Waals surface area contributed by atoms with Crippen molar-refractivity contribution in [1.82, 2.24) is 15.7 Å². The van der Waals surface area contributed by atoms with Crippen LogP contribution in [0.4, 0.5) is 10.5 Å². The number of nitrogens with zero attached hydrogens (tertiary/aromatic N) is 2. The summed E-state index contributed by atoms with van der Waals surface area (Å²) in [6.07, 6.45) is 0. The Kier molecular flexibility index (Phi) is 7.95. The summed E-state index contributed by atoms with van der Waals surface area (Å²) in [7, 11) is 2.13. The van der Waals surface area contributed by atoms with Gasteiger partial charge >= 0.3 is 5.24 Å². The highest BCUT2D eigenvalue weighted by atomic mass is 32.2. The number of benzene rings is 2. The molecule has 0 bridgehead atoms. The van der Waals surface area contributed by atoms with E-state index in [1.54, 1.807) is 29.7 Å². The molecule has 1 fully saturated rings. The molecule has 1 saturated heterocycles. The Morgan fingerprint density at radius 3 is 2.33 bits per heavy atom. The van der Waals surface area contributed by atoms with Crippen molar-refractivity contribution in [3.8, 4) is 5.75 Å². The van der Waals surface area contributed by atoms with Crippen molar-refractivity contribution in [2.75, 3.05) is 51.3 Å². The van der Waals surface area contributed by atoms with Gasteiger partial charge in [-0.25, -0.2) is 5.48 Å². The average Bonchev–Trinajstić information content (AvgIpc) is 2.78. The normalized spacial score (nSPS) is 14.3. The zero-order valence-corrected chi connectivity index (χ0v) is 17.7. The van der Waals surface area contributed by atoms with Gasteiger partial charge in [0.25, 0.3) is 5.91 Å². The molecule has 0 aromatic heterocycles. The number of likely N-dealkylation sites (N-methyl/N-ethyl adjacent to an activating group) is 1. The third-order valence-electron chi connectivity index (χ3n) is 4.78. The molecule has 0 unspecified atom stereocenters. The lowest BCUT2D eigenvalue weighted by atomic mass is 10.1. The number of carbonyl (C=O) groups excluding carboxylic acids is 2. The molecule has 9 heteroatoms. The number of hydrogen-bond acceptors (Lipinski definition) is 7. The SMILES string of the molecule is CN1CCN(c2ccc(C(=O)NCCOc3ccc(SC(=O)NO)cc3)cc2)CC1. The highest BCUT2D eigenvalue weighted by Gasteiger charge is 2.14. The Morgan fingerprint density at radius 1 is 1.03 bits per heavy atom. The van der Waals surface area contributed by atoms with Crippen LogP contribution in [0.5, 0.6) is 5.75 Å². The molecule has 2 amide bonds. The molecule has 3 N–H and O–H groups in total. The lowest BCUT2D eigenvalue weighted by molar-refractivity contribution is 0.0947. The van der Waals surface area contributed by atoms with E-state index in [1.165, 1.54) is 0 Å². The number of hydrogen-bond donors (Lipinski definition) is 3. The first-order valence-electron chi connectivity index (χ1n) is 9.71. The average molecular weight is 431 g/mol. The quantitative estimate of drug-likeness (QED) is 0.269. The van der Waals surface area contributed by atoms with Crippen LogP contribution < -0.4 is 20.4 Å². The molecule has 0 atom stereocenters. The molecule has 0 saturated carbocycles. The summed E-state index contributed by atoms with van der Waals surface area (Å²) in [5, 5.41) is 10.8. The topological polar surface area (TPSA) is 94.1 Å². The van der Waals surface area contributed by atoms with Crippen LogP contribution in [0.2, 0.25) is 0 Å². The van der Waals surface area contributed by atoms with E-state index in [-0.39, 0.29) is 5.91 Å². The maximum Gasteiger partial charge on any atom is 0.307 e. The van der Waals surface area contributed by atoms with Gasteiger partial charge in [-0.1, -0.05) is 0 Å². The molecule has 1 aliphatic heterocycles. The standard InChI is InChI=1S/C21H26N4O4S/c1-24-11-13-25(14-12-24)17-4-2-16(3-5-17)20(26)22-10-15-29-18-6-8-19(9-7-18)30-21(27)23-28/h2-9,28H,10-15H2,1H3,(H,22,26)(H,23,27). The number of nitrogens with one attached hydrogen (secondary N) is 2. The van der Waals surface area contributed by atoms with Crippen molar-refractivity contribution in [2.24, 2.45) is 0 Å². The molecule has 0 aliphatic carbocycles. The zero-order valence-electron chi connectivity index (χ0n) is 16.8. The number of carbonyl (C=O) groups is 2. The molecule has 30 heavy (non-hydrogen) atoms. The minimum absolute atomic E-state index is 0.134. The first kappa shape index (κ1) is 21.9. The van der Waals surface area contributed by atoms with E-state index in [1.807, 2.05) is 24.3 Å². The van der Waals surface area contributed by atoms with Crippen molar-refractivity contribution in [1.29, 1.82) is 0 Å². The predicted octanol–water partition coefficient (Wildman–Crippen LogP) is 2.44. The summed E-state index contributed by atoms with van der Waals surface area (Å²) in [6.45, 7) is 4.78. The van der Waals surface area contributed by atoms with Crippen molar-refractivity contribution in [2.45, 2.75) is 4.90 Å². The van der Waals surface area contributed by atoms with Crippen LogP contribution in [-0.2, 0) is 0 Å². The fourth-order valence-electron chi connectivity index (χ4n) is 3.06. The Hall–Kier alpha value is -2.75. The fraction of sp³-hybridized carbons (Fsp3) is 0.333. The molecule has 1 aliphatic rings. The maximum absolute atomic E-state index is 12.3. The number of thioether (sulfide) groups is 1. The van der Waals surface area contributed by atoms with E-state index >= 15 is 0 Å². The van der Waals surface area contributed by atoms with Gasteiger partial charge in [0.2, 0.25) is 0 Å². The van der Waals surface area contributed by atoms with E-state index in [0.717, 1.165) is 43.6 Å². The van der Waals surface area contributed by atoms with Crippen LogP contribution in [0.25, 0.3) is 0 Å². The van der Waals surface area contributed by atoms with Gasteiger partial charge in [-0.05, 0) is 67.3 Å². The molecule has 2 aromatic rings. The maximum atomic E-state index is 12.3. The number of amides is 2. The predicted molar refractivity (Wildman–Crippen MR) is 117 cm³/mol. The van der Waals surface area contributed by atoms with E-state index in [9.17, 15) is 9.59 Å². The highest BCUT2D eigenvalue weighted by Crippen LogP contribution is 2.21. The van der Waals surface area contributed by atoms with Crippen LogP contribution in [0, 0.1) is 0 Å². The van der Waals surface area contributed by atoms with Gasteiger partial charge in [-0.2, -0.15) is 0 Å². The summed E-state index contributed by atoms with van der Waals surface area (Å²) >= 11 is 0.874. The molecule has 2 aromatic carbocycles. The molecule has 160 valence electrons. The zero-order chi connectivity index (χ0) is 21.3. The van der Waals surface area contributed by atoms with Crippen LogP contribution in [-0.4, -0.2) is 67.6 Å². The van der Waals surface area contributed by atoms with Crippen molar-refractivity contribution in [3.63, 3.8) is 0 Å². The van der Waals surface area contributed by atoms with Gasteiger partial charge in [-0.3, -0.25) is 14.8 Å². The first-order chi connectivity index (χ1) is 14.5. The third kappa shape index (κ3) is 6.38. The second-order valence-corrected chi connectivity index (χ2v) is 7.96. The number of piperazine rings is 1. The van der Waals surface area contributed by atoms with Gasteiger partial charge in [0.05, 0.1) is 6.54 Å².